The smallest absolute Gasteiger partial charge is 0.407 e. The first-order valence-electron chi connectivity index (χ1n) is 19.7. The lowest BCUT2D eigenvalue weighted by Gasteiger charge is -2.31. The minimum atomic E-state index is -0.822. The number of hydrazone groups is 1. The number of amides is 5. The molecular weight excluding hydrogens is 711 g/mol. The van der Waals surface area contributed by atoms with E-state index in [1.165, 1.54) is 0 Å². The molecule has 0 aromatic heterocycles. The Kier molecular flexibility index (Phi) is 12.3. The maximum Gasteiger partial charge on any atom is 0.407 e. The molecule has 2 heterocycles. The molecule has 0 spiro atoms. The van der Waals surface area contributed by atoms with Gasteiger partial charge in [0.05, 0.1) is 11.8 Å². The molecule has 2 unspecified atom stereocenters. The Morgan fingerprint density at radius 2 is 1.75 bits per heavy atom. The summed E-state index contributed by atoms with van der Waals surface area (Å²) >= 11 is 0. The van der Waals surface area contributed by atoms with E-state index in [9.17, 15) is 24.0 Å². The van der Waals surface area contributed by atoms with Gasteiger partial charge in [-0.15, -0.1) is 0 Å². The molecule has 1 saturated heterocycles. The lowest BCUT2D eigenvalue weighted by Crippen LogP contribution is -2.51. The van der Waals surface area contributed by atoms with E-state index in [-0.39, 0.29) is 41.9 Å². The Morgan fingerprint density at radius 3 is 2.45 bits per heavy atom. The highest BCUT2D eigenvalue weighted by Gasteiger charge is 2.36. The average Bonchev–Trinajstić information content (AvgIpc) is 3.55. The molecule has 2 fully saturated rings. The molecule has 2 aliphatic heterocycles. The zero-order valence-corrected chi connectivity index (χ0v) is 33.1. The monoisotopic (exact) mass is 765 g/mol. The first kappa shape index (κ1) is 40.2. The Balaban J connectivity index is 1.10. The van der Waals surface area contributed by atoms with Crippen LogP contribution in [0.15, 0.2) is 71.0 Å². The molecule has 3 atom stereocenters. The molecule has 2 aliphatic carbocycles. The van der Waals surface area contributed by atoms with Crippen molar-refractivity contribution in [3.63, 3.8) is 0 Å². The predicted octanol–water partition coefficient (Wildman–Crippen LogP) is 4.71. The summed E-state index contributed by atoms with van der Waals surface area (Å²) in [5.41, 5.74) is 8.11. The van der Waals surface area contributed by atoms with E-state index in [4.69, 9.17) is 4.74 Å². The van der Waals surface area contributed by atoms with Crippen molar-refractivity contribution in [1.82, 2.24) is 32.0 Å². The number of benzene rings is 2. The Labute approximate surface area is 328 Å². The van der Waals surface area contributed by atoms with Crippen LogP contribution >= 0.6 is 0 Å². The second-order valence-corrected chi connectivity index (χ2v) is 16.7. The van der Waals surface area contributed by atoms with Gasteiger partial charge in [-0.3, -0.25) is 24.6 Å². The van der Waals surface area contributed by atoms with E-state index < -0.39 is 29.3 Å². The summed E-state index contributed by atoms with van der Waals surface area (Å²) in [6, 6.07) is 12.0. The summed E-state index contributed by atoms with van der Waals surface area (Å²) in [7, 11) is 0. The number of hydrogen-bond donors (Lipinski definition) is 6. The maximum atomic E-state index is 13.9. The van der Waals surface area contributed by atoms with Gasteiger partial charge in [-0.2, -0.15) is 5.10 Å². The number of allylic oxidation sites excluding steroid dienone is 2. The van der Waals surface area contributed by atoms with Gasteiger partial charge in [0, 0.05) is 43.1 Å². The number of hydrogen-bond acceptors (Lipinski definition) is 8. The quantitative estimate of drug-likeness (QED) is 0.192. The van der Waals surface area contributed by atoms with Crippen LogP contribution in [0.1, 0.15) is 94.1 Å². The third kappa shape index (κ3) is 10.2. The minimum Gasteiger partial charge on any atom is -0.444 e. The number of carbonyl (C=O) groups is 5. The van der Waals surface area contributed by atoms with Gasteiger partial charge in [-0.05, 0) is 125 Å². The van der Waals surface area contributed by atoms with E-state index in [0.29, 0.717) is 44.3 Å². The fourth-order valence-corrected chi connectivity index (χ4v) is 7.79. The zero-order chi connectivity index (χ0) is 40.0. The summed E-state index contributed by atoms with van der Waals surface area (Å²) in [6.07, 6.45) is 10.3. The number of ether oxygens (including phenoxy) is 1. The van der Waals surface area contributed by atoms with Crippen LogP contribution in [0.2, 0.25) is 0 Å². The van der Waals surface area contributed by atoms with Crippen LogP contribution in [0.3, 0.4) is 0 Å². The van der Waals surface area contributed by atoms with Crippen molar-refractivity contribution in [3.05, 3.63) is 82.6 Å². The van der Waals surface area contributed by atoms with Gasteiger partial charge in [-0.25, -0.2) is 4.79 Å². The number of aryl methyl sites for hydroxylation is 1. The number of nitrogens with one attached hydrogen (secondary N) is 6. The number of nitrogens with zero attached hydrogens (tertiary/aromatic N) is 1. The van der Waals surface area contributed by atoms with Gasteiger partial charge < -0.3 is 31.3 Å². The molecule has 56 heavy (non-hydrogen) atoms. The summed E-state index contributed by atoms with van der Waals surface area (Å²) in [5.74, 6) is -0.874. The van der Waals surface area contributed by atoms with Crippen LogP contribution in [0.4, 0.5) is 4.79 Å². The second kappa shape index (κ2) is 17.1. The molecule has 2 aromatic carbocycles. The molecule has 5 amide bonds. The van der Waals surface area contributed by atoms with Crippen molar-refractivity contribution in [3.8, 4) is 11.1 Å². The van der Waals surface area contributed by atoms with E-state index in [0.717, 1.165) is 52.8 Å². The van der Waals surface area contributed by atoms with Crippen molar-refractivity contribution in [2.24, 2.45) is 16.9 Å². The molecule has 6 rings (SSSR count). The fraction of sp³-hybridized carbons (Fsp3) is 0.488. The molecule has 0 radical (unpaired) electrons. The topological polar surface area (TPSA) is 179 Å². The van der Waals surface area contributed by atoms with E-state index in [2.05, 4.69) is 37.1 Å². The van der Waals surface area contributed by atoms with Crippen LogP contribution in [-0.4, -0.2) is 72.2 Å². The summed E-state index contributed by atoms with van der Waals surface area (Å²) in [6.45, 7) is 10.6. The molecule has 0 bridgehead atoms. The molecule has 298 valence electrons. The zero-order valence-electron chi connectivity index (χ0n) is 33.1. The summed E-state index contributed by atoms with van der Waals surface area (Å²) < 4.78 is 5.36. The number of alkyl carbamates (subject to hydrolysis) is 1. The standard InChI is InChI=1S/C43H55N7O6/c1-26-21-31(38(52)48-35-7-6-20-44-39(35)53)16-19-34(26)29-12-8-27(9-13-29)22-36(40(54)47-33-18-17-32-25-46-50-43(32,5)23-33)49-37(51)30-14-10-28(11-15-30)24-45-41(55)56-42(2,3)4/h8-9,12-13,16-19,21,25,28,30,35-36,50H,6-7,10-11,14-15,20,22-24H2,1-5H3,(H,44,53)(H,45,55)(H,47,54)(H,48,52)(H,49,51)/t28?,30?,35?,36-,43?/m0/s1. The summed E-state index contributed by atoms with van der Waals surface area (Å²) in [5, 5.41) is 18.9. The normalized spacial score (nSPS) is 23.6. The average molecular weight is 766 g/mol. The highest BCUT2D eigenvalue weighted by atomic mass is 16.6. The highest BCUT2D eigenvalue weighted by molar-refractivity contribution is 5.98. The van der Waals surface area contributed by atoms with E-state index in [1.54, 1.807) is 12.3 Å². The van der Waals surface area contributed by atoms with Gasteiger partial charge in [0.1, 0.15) is 17.7 Å². The largest absolute Gasteiger partial charge is 0.444 e. The van der Waals surface area contributed by atoms with Gasteiger partial charge in [-0.1, -0.05) is 36.4 Å². The van der Waals surface area contributed by atoms with Crippen LogP contribution in [0, 0.1) is 18.8 Å². The molecule has 13 nitrogen and oxygen atoms in total. The van der Waals surface area contributed by atoms with Crippen molar-refractivity contribution >= 4 is 35.9 Å². The first-order chi connectivity index (χ1) is 26.7. The minimum absolute atomic E-state index is 0.151. The molecular formula is C43H55N7O6. The molecule has 4 aliphatic rings. The number of piperidine rings is 1. The first-order valence-corrected chi connectivity index (χ1v) is 19.7. The third-order valence-corrected chi connectivity index (χ3v) is 11.0. The van der Waals surface area contributed by atoms with Crippen molar-refractivity contribution < 1.29 is 28.7 Å². The van der Waals surface area contributed by atoms with Gasteiger partial charge in [0.15, 0.2) is 0 Å². The lowest BCUT2D eigenvalue weighted by atomic mass is 9.81. The van der Waals surface area contributed by atoms with Crippen LogP contribution < -0.4 is 32.0 Å². The predicted molar refractivity (Wildman–Crippen MR) is 214 cm³/mol. The van der Waals surface area contributed by atoms with Crippen molar-refractivity contribution in [1.29, 1.82) is 0 Å². The van der Waals surface area contributed by atoms with Gasteiger partial charge in [0.25, 0.3) is 5.91 Å². The van der Waals surface area contributed by atoms with Gasteiger partial charge in [0.2, 0.25) is 17.7 Å². The Hall–Kier alpha value is -5.46. The maximum absolute atomic E-state index is 13.9. The molecule has 2 aromatic rings. The molecule has 6 N–H and O–H groups in total. The highest BCUT2D eigenvalue weighted by Crippen LogP contribution is 2.31. The molecule has 13 heteroatoms. The Morgan fingerprint density at radius 1 is 1.00 bits per heavy atom. The molecule has 1 saturated carbocycles. The fourth-order valence-electron chi connectivity index (χ4n) is 7.79. The van der Waals surface area contributed by atoms with Gasteiger partial charge >= 0.3 is 6.09 Å². The van der Waals surface area contributed by atoms with E-state index >= 15 is 0 Å². The number of carbonyl (C=O) groups excluding carboxylic acids is 5. The lowest BCUT2D eigenvalue weighted by molar-refractivity contribution is -0.131. The van der Waals surface area contributed by atoms with E-state index in [1.807, 2.05) is 83.2 Å². The Bertz CT molecular complexity index is 1920. The number of rotatable bonds is 11. The van der Waals surface area contributed by atoms with Crippen LogP contribution in [0.5, 0.6) is 0 Å². The van der Waals surface area contributed by atoms with Crippen molar-refractivity contribution in [2.75, 3.05) is 13.1 Å². The van der Waals surface area contributed by atoms with Crippen LogP contribution in [0.25, 0.3) is 11.1 Å². The SMILES string of the molecule is Cc1cc(C(=O)NC2CCCNC2=O)ccc1-c1ccc(C[C@H](NC(=O)C2CCC(CNC(=O)OC(C)(C)C)CC2)C(=O)NC2=CC=C3C=NNC3(C)C2)cc1. The van der Waals surface area contributed by atoms with Crippen molar-refractivity contribution in [2.45, 2.75) is 109 Å². The summed E-state index contributed by atoms with van der Waals surface area (Å²) in [4.78, 5) is 64.9. The van der Waals surface area contributed by atoms with Crippen LogP contribution in [-0.2, 0) is 25.5 Å². The third-order valence-electron chi connectivity index (χ3n) is 11.0. The second-order valence-electron chi connectivity index (χ2n) is 16.7. The number of fused-ring (bicyclic) bond motifs is 1.